The normalized spacial score (nSPS) is 11.2. The van der Waals surface area contributed by atoms with Gasteiger partial charge in [0, 0.05) is 6.20 Å². The van der Waals surface area contributed by atoms with E-state index in [1.54, 1.807) is 0 Å². The molecular weight excluding hydrogens is 355 g/mol. The van der Waals surface area contributed by atoms with Crippen molar-refractivity contribution in [2.75, 3.05) is 0 Å². The van der Waals surface area contributed by atoms with Crippen molar-refractivity contribution in [2.45, 2.75) is 6.18 Å². The fourth-order valence-corrected chi connectivity index (χ4v) is 1.89. The lowest BCUT2D eigenvalue weighted by molar-refractivity contribution is -0.137. The molecule has 0 bridgehead atoms. The van der Waals surface area contributed by atoms with Gasteiger partial charge in [0.25, 0.3) is 0 Å². The van der Waals surface area contributed by atoms with Gasteiger partial charge in [-0.05, 0) is 40.2 Å². The quantitative estimate of drug-likeness (QED) is 0.882. The van der Waals surface area contributed by atoms with E-state index in [0.717, 1.165) is 18.3 Å². The number of nitrogens with zero attached hydrogens (tertiary/aromatic N) is 1. The maximum Gasteiger partial charge on any atom is 0.416 e. The topological polar surface area (TPSA) is 59.4 Å². The molecule has 21 heavy (non-hydrogen) atoms. The molecule has 0 spiro atoms. The van der Waals surface area contributed by atoms with Gasteiger partial charge in [0.1, 0.15) is 5.75 Å². The van der Waals surface area contributed by atoms with Gasteiger partial charge in [0.05, 0.1) is 15.6 Å². The van der Waals surface area contributed by atoms with Crippen molar-refractivity contribution in [2.24, 2.45) is 0 Å². The molecule has 1 N–H and O–H groups in total. The van der Waals surface area contributed by atoms with Gasteiger partial charge in [-0.3, -0.25) is 0 Å². The van der Waals surface area contributed by atoms with E-state index in [0.29, 0.717) is 0 Å². The molecule has 0 aliphatic heterocycles. The Kier molecular flexibility index (Phi) is 4.17. The lowest BCUT2D eigenvalue weighted by Gasteiger charge is -2.10. The summed E-state index contributed by atoms with van der Waals surface area (Å²) in [6.07, 6.45) is -3.42. The predicted octanol–water partition coefficient (Wildman–Crippen LogP) is 4.35. The second kappa shape index (κ2) is 5.72. The van der Waals surface area contributed by atoms with Crippen molar-refractivity contribution in [1.82, 2.24) is 4.98 Å². The molecular formula is C13H7BrF3NO3. The number of alkyl halides is 3. The largest absolute Gasteiger partial charge is 0.478 e. The number of hydrogen-bond donors (Lipinski definition) is 1. The van der Waals surface area contributed by atoms with Crippen LogP contribution in [0.1, 0.15) is 15.9 Å². The van der Waals surface area contributed by atoms with E-state index in [4.69, 9.17) is 9.84 Å². The number of aromatic nitrogens is 1. The molecule has 0 atom stereocenters. The van der Waals surface area contributed by atoms with E-state index >= 15 is 0 Å². The summed E-state index contributed by atoms with van der Waals surface area (Å²) >= 11 is 3.06. The first-order chi connectivity index (χ1) is 9.77. The number of carboxylic acid groups (broad SMARTS) is 1. The lowest BCUT2D eigenvalue weighted by Crippen LogP contribution is -2.04. The minimum absolute atomic E-state index is 0.0284. The monoisotopic (exact) mass is 361 g/mol. The fraction of sp³-hybridized carbons (Fsp3) is 0.0769. The summed E-state index contributed by atoms with van der Waals surface area (Å²) in [5, 5.41) is 8.79. The molecule has 1 heterocycles. The molecule has 2 rings (SSSR count). The molecule has 0 fully saturated rings. The van der Waals surface area contributed by atoms with Crippen LogP contribution >= 0.6 is 15.9 Å². The smallest absolute Gasteiger partial charge is 0.416 e. The molecule has 0 radical (unpaired) electrons. The van der Waals surface area contributed by atoms with Crippen LogP contribution in [0.3, 0.4) is 0 Å². The zero-order chi connectivity index (χ0) is 15.6. The van der Waals surface area contributed by atoms with Gasteiger partial charge in [-0.2, -0.15) is 13.2 Å². The summed E-state index contributed by atoms with van der Waals surface area (Å²) < 4.78 is 43.2. The number of aromatic carboxylic acids is 1. The number of rotatable bonds is 3. The first-order valence-corrected chi connectivity index (χ1v) is 6.30. The Morgan fingerprint density at radius 1 is 1.29 bits per heavy atom. The lowest BCUT2D eigenvalue weighted by atomic mass is 10.2. The van der Waals surface area contributed by atoms with Crippen molar-refractivity contribution < 1.29 is 27.8 Å². The average Bonchev–Trinajstić information content (AvgIpc) is 2.40. The Morgan fingerprint density at radius 3 is 2.57 bits per heavy atom. The Hall–Kier alpha value is -2.09. The molecule has 8 heteroatoms. The van der Waals surface area contributed by atoms with Crippen molar-refractivity contribution in [3.05, 3.63) is 52.1 Å². The van der Waals surface area contributed by atoms with Crippen molar-refractivity contribution in [3.63, 3.8) is 0 Å². The van der Waals surface area contributed by atoms with Crippen LogP contribution in [-0.2, 0) is 6.18 Å². The van der Waals surface area contributed by atoms with Gasteiger partial charge in [-0.1, -0.05) is 6.07 Å². The number of pyridine rings is 1. The van der Waals surface area contributed by atoms with Gasteiger partial charge in [0.2, 0.25) is 5.88 Å². The van der Waals surface area contributed by atoms with E-state index in [9.17, 15) is 18.0 Å². The number of benzene rings is 1. The molecule has 0 amide bonds. The second-order valence-electron chi connectivity index (χ2n) is 3.94. The third-order valence-corrected chi connectivity index (χ3v) is 3.00. The average molecular weight is 362 g/mol. The van der Waals surface area contributed by atoms with Crippen LogP contribution in [0, 0.1) is 0 Å². The Labute approximate surface area is 125 Å². The Balaban J connectivity index is 2.28. The molecule has 0 unspecified atom stereocenters. The number of ether oxygens (including phenoxy) is 1. The summed E-state index contributed by atoms with van der Waals surface area (Å²) in [5.74, 6) is -1.26. The van der Waals surface area contributed by atoms with E-state index in [1.165, 1.54) is 18.2 Å². The molecule has 1 aromatic carbocycles. The fourth-order valence-electron chi connectivity index (χ4n) is 1.46. The molecule has 110 valence electrons. The highest BCUT2D eigenvalue weighted by Gasteiger charge is 2.30. The number of carboxylic acids is 1. The van der Waals surface area contributed by atoms with Gasteiger partial charge < -0.3 is 9.84 Å². The highest BCUT2D eigenvalue weighted by atomic mass is 79.9. The second-order valence-corrected chi connectivity index (χ2v) is 4.80. The van der Waals surface area contributed by atoms with Crippen LogP contribution in [0.25, 0.3) is 0 Å². The van der Waals surface area contributed by atoms with Crippen LogP contribution in [0.5, 0.6) is 11.6 Å². The molecule has 2 aromatic rings. The SMILES string of the molecule is O=C(O)c1cnc(Oc2cccc(C(F)(F)F)c2)c(Br)c1. The van der Waals surface area contributed by atoms with Gasteiger partial charge in [-0.25, -0.2) is 9.78 Å². The summed E-state index contributed by atoms with van der Waals surface area (Å²) in [6, 6.07) is 5.55. The van der Waals surface area contributed by atoms with Crippen LogP contribution in [-0.4, -0.2) is 16.1 Å². The standard InChI is InChI=1S/C13H7BrF3NO3/c14-10-4-7(12(19)20)6-18-11(10)21-9-3-1-2-8(5-9)13(15,16)17/h1-6H,(H,19,20). The molecule has 0 aliphatic rings. The number of carbonyl (C=O) groups is 1. The Bertz CT molecular complexity index is 689. The van der Waals surface area contributed by atoms with Crippen molar-refractivity contribution in [1.29, 1.82) is 0 Å². The van der Waals surface area contributed by atoms with E-state index in [2.05, 4.69) is 20.9 Å². The summed E-state index contributed by atoms with van der Waals surface area (Å²) in [5.41, 5.74) is -0.920. The minimum atomic E-state index is -4.48. The Morgan fingerprint density at radius 2 is 2.00 bits per heavy atom. The highest BCUT2D eigenvalue weighted by Crippen LogP contribution is 2.33. The van der Waals surface area contributed by atoms with Crippen molar-refractivity contribution >= 4 is 21.9 Å². The zero-order valence-corrected chi connectivity index (χ0v) is 11.8. The molecule has 0 saturated heterocycles. The molecule has 1 aromatic heterocycles. The molecule has 4 nitrogen and oxygen atoms in total. The molecule has 0 saturated carbocycles. The minimum Gasteiger partial charge on any atom is -0.478 e. The van der Waals surface area contributed by atoms with E-state index in [-0.39, 0.29) is 21.7 Å². The van der Waals surface area contributed by atoms with E-state index in [1.807, 2.05) is 0 Å². The molecule has 0 aliphatic carbocycles. The van der Waals surface area contributed by atoms with Crippen LogP contribution in [0.4, 0.5) is 13.2 Å². The first kappa shape index (κ1) is 15.3. The third-order valence-electron chi connectivity index (χ3n) is 2.43. The number of halogens is 4. The predicted molar refractivity (Wildman–Crippen MR) is 70.4 cm³/mol. The zero-order valence-electron chi connectivity index (χ0n) is 10.2. The van der Waals surface area contributed by atoms with Crippen molar-refractivity contribution in [3.8, 4) is 11.6 Å². The van der Waals surface area contributed by atoms with Crippen LogP contribution in [0.15, 0.2) is 41.0 Å². The van der Waals surface area contributed by atoms with Gasteiger partial charge >= 0.3 is 12.1 Å². The highest BCUT2D eigenvalue weighted by molar-refractivity contribution is 9.10. The van der Waals surface area contributed by atoms with E-state index < -0.39 is 17.7 Å². The first-order valence-electron chi connectivity index (χ1n) is 5.51. The van der Waals surface area contributed by atoms with Gasteiger partial charge in [-0.15, -0.1) is 0 Å². The maximum atomic E-state index is 12.6. The van der Waals surface area contributed by atoms with Crippen LogP contribution in [0.2, 0.25) is 0 Å². The summed E-state index contributed by atoms with van der Waals surface area (Å²) in [6.45, 7) is 0. The van der Waals surface area contributed by atoms with Crippen LogP contribution < -0.4 is 4.74 Å². The third kappa shape index (κ3) is 3.72. The number of hydrogen-bond acceptors (Lipinski definition) is 3. The van der Waals surface area contributed by atoms with Gasteiger partial charge in [0.15, 0.2) is 0 Å². The summed E-state index contributed by atoms with van der Waals surface area (Å²) in [4.78, 5) is 14.5. The summed E-state index contributed by atoms with van der Waals surface area (Å²) in [7, 11) is 0. The maximum absolute atomic E-state index is 12.6.